The average molecular weight is 254 g/mol. The molecule has 100 valence electrons. The number of nitrogens with zero attached hydrogens (tertiary/aromatic N) is 2. The summed E-state index contributed by atoms with van der Waals surface area (Å²) < 4.78 is 6.32. The standard InChI is InChI=1S/C11H18N4O3/c1-3-8-14-9(11(17)18-2)10(13)15(8)6-4-5-7(12)16/h3-6,13H2,1-2H3,(H2,12,16). The van der Waals surface area contributed by atoms with E-state index >= 15 is 0 Å². The van der Waals surface area contributed by atoms with Gasteiger partial charge in [0.25, 0.3) is 0 Å². The van der Waals surface area contributed by atoms with E-state index in [1.807, 2.05) is 6.92 Å². The maximum absolute atomic E-state index is 11.4. The Balaban J connectivity index is 2.91. The first kappa shape index (κ1) is 14.0. The van der Waals surface area contributed by atoms with Crippen molar-refractivity contribution in [2.45, 2.75) is 32.7 Å². The number of esters is 1. The van der Waals surface area contributed by atoms with Crippen molar-refractivity contribution in [1.82, 2.24) is 9.55 Å². The molecular weight excluding hydrogens is 236 g/mol. The number of anilines is 1. The third kappa shape index (κ3) is 2.99. The van der Waals surface area contributed by atoms with Crippen molar-refractivity contribution >= 4 is 17.7 Å². The van der Waals surface area contributed by atoms with Gasteiger partial charge in [-0.2, -0.15) is 0 Å². The number of carbonyl (C=O) groups is 2. The van der Waals surface area contributed by atoms with Gasteiger partial charge in [-0.3, -0.25) is 4.79 Å². The number of nitrogen functional groups attached to an aromatic ring is 1. The topological polar surface area (TPSA) is 113 Å². The van der Waals surface area contributed by atoms with Crippen molar-refractivity contribution in [2.75, 3.05) is 12.8 Å². The zero-order valence-electron chi connectivity index (χ0n) is 10.6. The lowest BCUT2D eigenvalue weighted by atomic mass is 10.3. The van der Waals surface area contributed by atoms with Crippen molar-refractivity contribution in [1.29, 1.82) is 0 Å². The van der Waals surface area contributed by atoms with Crippen molar-refractivity contribution in [3.63, 3.8) is 0 Å². The number of amides is 1. The van der Waals surface area contributed by atoms with E-state index in [-0.39, 0.29) is 23.8 Å². The molecule has 7 heteroatoms. The second-order valence-corrected chi connectivity index (χ2v) is 3.83. The molecule has 1 heterocycles. The molecule has 0 aromatic carbocycles. The molecule has 0 bridgehead atoms. The lowest BCUT2D eigenvalue weighted by molar-refractivity contribution is -0.118. The molecule has 0 aliphatic rings. The largest absolute Gasteiger partial charge is 0.464 e. The Kier molecular flexibility index (Phi) is 4.70. The fourth-order valence-electron chi connectivity index (χ4n) is 1.69. The summed E-state index contributed by atoms with van der Waals surface area (Å²) in [6.45, 7) is 2.41. The Hall–Kier alpha value is -2.05. The number of aryl methyl sites for hydroxylation is 1. The summed E-state index contributed by atoms with van der Waals surface area (Å²) >= 11 is 0. The van der Waals surface area contributed by atoms with E-state index in [9.17, 15) is 9.59 Å². The summed E-state index contributed by atoms with van der Waals surface area (Å²) in [7, 11) is 1.28. The molecule has 0 aliphatic heterocycles. The predicted octanol–water partition coefficient (Wildman–Crippen LogP) is 0.0798. The van der Waals surface area contributed by atoms with Crippen molar-refractivity contribution in [2.24, 2.45) is 5.73 Å². The van der Waals surface area contributed by atoms with Crippen molar-refractivity contribution < 1.29 is 14.3 Å². The van der Waals surface area contributed by atoms with Gasteiger partial charge < -0.3 is 20.8 Å². The highest BCUT2D eigenvalue weighted by molar-refractivity contribution is 5.92. The van der Waals surface area contributed by atoms with Crippen LogP contribution in [0.3, 0.4) is 0 Å². The zero-order valence-corrected chi connectivity index (χ0v) is 10.6. The number of nitrogens with two attached hydrogens (primary N) is 2. The number of carbonyl (C=O) groups excluding carboxylic acids is 2. The van der Waals surface area contributed by atoms with Crippen LogP contribution in [0.4, 0.5) is 5.82 Å². The molecule has 7 nitrogen and oxygen atoms in total. The normalized spacial score (nSPS) is 10.3. The van der Waals surface area contributed by atoms with Gasteiger partial charge in [-0.15, -0.1) is 0 Å². The third-order valence-electron chi connectivity index (χ3n) is 2.59. The van der Waals surface area contributed by atoms with Gasteiger partial charge >= 0.3 is 5.97 Å². The highest BCUT2D eigenvalue weighted by Gasteiger charge is 2.19. The van der Waals surface area contributed by atoms with Gasteiger partial charge in [-0.1, -0.05) is 6.92 Å². The van der Waals surface area contributed by atoms with Gasteiger partial charge in [0.05, 0.1) is 7.11 Å². The zero-order chi connectivity index (χ0) is 13.7. The number of rotatable bonds is 6. The molecule has 0 atom stereocenters. The van der Waals surface area contributed by atoms with Crippen LogP contribution in [0.15, 0.2) is 0 Å². The lowest BCUT2D eigenvalue weighted by Gasteiger charge is -2.07. The van der Waals surface area contributed by atoms with Gasteiger partial charge in [0, 0.05) is 19.4 Å². The van der Waals surface area contributed by atoms with Crippen LogP contribution in [0.25, 0.3) is 0 Å². The van der Waals surface area contributed by atoms with E-state index in [4.69, 9.17) is 11.5 Å². The van der Waals surface area contributed by atoms with E-state index in [2.05, 4.69) is 9.72 Å². The van der Waals surface area contributed by atoms with E-state index in [0.29, 0.717) is 25.2 Å². The minimum atomic E-state index is -0.559. The molecule has 1 amide bonds. The summed E-state index contributed by atoms with van der Waals surface area (Å²) in [6, 6.07) is 0. The molecular formula is C11H18N4O3. The van der Waals surface area contributed by atoms with Gasteiger partial charge in [0.15, 0.2) is 5.69 Å². The predicted molar refractivity (Wildman–Crippen MR) is 65.8 cm³/mol. The summed E-state index contributed by atoms with van der Waals surface area (Å²) in [6.07, 6.45) is 1.47. The van der Waals surface area contributed by atoms with Gasteiger partial charge in [-0.25, -0.2) is 9.78 Å². The van der Waals surface area contributed by atoms with Crippen LogP contribution in [-0.4, -0.2) is 28.5 Å². The number of ether oxygens (including phenoxy) is 1. The van der Waals surface area contributed by atoms with Crippen LogP contribution in [0.5, 0.6) is 0 Å². The lowest BCUT2D eigenvalue weighted by Crippen LogP contribution is -2.13. The molecule has 1 aromatic heterocycles. The van der Waals surface area contributed by atoms with Gasteiger partial charge in [-0.05, 0) is 6.42 Å². The maximum atomic E-state index is 11.4. The number of primary amides is 1. The minimum absolute atomic E-state index is 0.119. The number of hydrogen-bond acceptors (Lipinski definition) is 5. The van der Waals surface area contributed by atoms with E-state index < -0.39 is 5.97 Å². The van der Waals surface area contributed by atoms with Crippen LogP contribution in [-0.2, 0) is 22.5 Å². The molecule has 4 N–H and O–H groups in total. The Morgan fingerprint density at radius 3 is 2.61 bits per heavy atom. The summed E-state index contributed by atoms with van der Waals surface area (Å²) in [5.74, 6) is 0.0383. The number of imidazole rings is 1. The van der Waals surface area contributed by atoms with Gasteiger partial charge in [0.1, 0.15) is 11.6 Å². The molecule has 0 spiro atoms. The quantitative estimate of drug-likeness (QED) is 0.698. The molecule has 0 radical (unpaired) electrons. The first-order chi connectivity index (χ1) is 8.51. The highest BCUT2D eigenvalue weighted by atomic mass is 16.5. The van der Waals surface area contributed by atoms with Crippen molar-refractivity contribution in [3.05, 3.63) is 11.5 Å². The van der Waals surface area contributed by atoms with E-state index in [1.165, 1.54) is 7.11 Å². The van der Waals surface area contributed by atoms with Crippen LogP contribution in [0, 0.1) is 0 Å². The smallest absolute Gasteiger partial charge is 0.360 e. The number of hydrogen-bond donors (Lipinski definition) is 2. The fourth-order valence-corrected chi connectivity index (χ4v) is 1.69. The Labute approximate surface area is 105 Å². The second kappa shape index (κ2) is 6.04. The Bertz CT molecular complexity index is 453. The first-order valence-electron chi connectivity index (χ1n) is 5.72. The minimum Gasteiger partial charge on any atom is -0.464 e. The summed E-state index contributed by atoms with van der Waals surface area (Å²) in [5, 5.41) is 0. The first-order valence-corrected chi connectivity index (χ1v) is 5.72. The molecule has 1 aromatic rings. The number of methoxy groups -OCH3 is 1. The summed E-state index contributed by atoms with van der Waals surface area (Å²) in [5.41, 5.74) is 11.0. The van der Waals surface area contributed by atoms with E-state index in [1.54, 1.807) is 4.57 Å². The highest BCUT2D eigenvalue weighted by Crippen LogP contribution is 2.17. The Morgan fingerprint density at radius 1 is 1.44 bits per heavy atom. The maximum Gasteiger partial charge on any atom is 0.360 e. The molecule has 0 aliphatic carbocycles. The number of aromatic nitrogens is 2. The van der Waals surface area contributed by atoms with Crippen molar-refractivity contribution in [3.8, 4) is 0 Å². The molecule has 0 saturated carbocycles. The second-order valence-electron chi connectivity index (χ2n) is 3.83. The third-order valence-corrected chi connectivity index (χ3v) is 2.59. The molecule has 0 saturated heterocycles. The molecule has 0 unspecified atom stereocenters. The summed E-state index contributed by atoms with van der Waals surface area (Å²) in [4.78, 5) is 26.3. The Morgan fingerprint density at radius 2 is 2.11 bits per heavy atom. The molecule has 0 fully saturated rings. The van der Waals surface area contributed by atoms with Crippen LogP contribution in [0.2, 0.25) is 0 Å². The van der Waals surface area contributed by atoms with Gasteiger partial charge in [0.2, 0.25) is 5.91 Å². The fraction of sp³-hybridized carbons (Fsp3) is 0.545. The SMILES string of the molecule is CCc1nc(C(=O)OC)c(N)n1CCCC(N)=O. The molecule has 18 heavy (non-hydrogen) atoms. The molecule has 1 rings (SSSR count). The van der Waals surface area contributed by atoms with Crippen LogP contribution in [0.1, 0.15) is 36.1 Å². The average Bonchev–Trinajstić information content (AvgIpc) is 2.65. The monoisotopic (exact) mass is 254 g/mol. The van der Waals surface area contributed by atoms with Crippen LogP contribution < -0.4 is 11.5 Å². The van der Waals surface area contributed by atoms with Crippen LogP contribution >= 0.6 is 0 Å². The van der Waals surface area contributed by atoms with E-state index in [0.717, 1.165) is 0 Å².